The maximum Gasteiger partial charge on any atom is 0.129 e. The molecule has 0 aromatic heterocycles. The summed E-state index contributed by atoms with van der Waals surface area (Å²) in [6, 6.07) is 4.10. The fourth-order valence-corrected chi connectivity index (χ4v) is 1.78. The number of rotatable bonds is 2. The van der Waals surface area contributed by atoms with Gasteiger partial charge in [0.15, 0.2) is 0 Å². The minimum atomic E-state index is -1.64. The molecular formula is C14H10F4O. The zero-order valence-electron chi connectivity index (χ0n) is 9.92. The van der Waals surface area contributed by atoms with Gasteiger partial charge in [-0.15, -0.1) is 0 Å². The lowest BCUT2D eigenvalue weighted by Crippen LogP contribution is -2.05. The molecule has 19 heavy (non-hydrogen) atoms. The van der Waals surface area contributed by atoms with Crippen LogP contribution in [0.1, 0.15) is 22.8 Å². The number of hydrogen-bond donors (Lipinski definition) is 1. The smallest absolute Gasteiger partial charge is 0.129 e. The summed E-state index contributed by atoms with van der Waals surface area (Å²) in [5, 5.41) is 9.90. The number of aliphatic hydroxyl groups is 1. The molecule has 0 saturated heterocycles. The van der Waals surface area contributed by atoms with Crippen LogP contribution in [0.5, 0.6) is 0 Å². The molecule has 0 aliphatic heterocycles. The molecule has 100 valence electrons. The van der Waals surface area contributed by atoms with Gasteiger partial charge in [0.25, 0.3) is 0 Å². The van der Waals surface area contributed by atoms with Crippen molar-refractivity contribution in [3.05, 3.63) is 70.3 Å². The highest BCUT2D eigenvalue weighted by atomic mass is 19.1. The number of hydrogen-bond acceptors (Lipinski definition) is 1. The molecule has 1 nitrogen and oxygen atoms in total. The van der Waals surface area contributed by atoms with E-state index in [0.29, 0.717) is 6.07 Å². The number of benzene rings is 2. The van der Waals surface area contributed by atoms with Crippen molar-refractivity contribution in [1.82, 2.24) is 0 Å². The molecule has 2 aromatic carbocycles. The van der Waals surface area contributed by atoms with E-state index in [0.717, 1.165) is 24.3 Å². The molecule has 0 heterocycles. The number of aliphatic hydroxyl groups excluding tert-OH is 1. The molecule has 5 heteroatoms. The third kappa shape index (κ3) is 2.76. The van der Waals surface area contributed by atoms with Gasteiger partial charge in [-0.2, -0.15) is 0 Å². The van der Waals surface area contributed by atoms with Crippen molar-refractivity contribution in [3.63, 3.8) is 0 Å². The zero-order chi connectivity index (χ0) is 14.2. The third-order valence-electron chi connectivity index (χ3n) is 2.77. The highest BCUT2D eigenvalue weighted by Gasteiger charge is 2.18. The lowest BCUT2D eigenvalue weighted by molar-refractivity contribution is 0.213. The zero-order valence-corrected chi connectivity index (χ0v) is 9.92. The second-order valence-corrected chi connectivity index (χ2v) is 4.23. The van der Waals surface area contributed by atoms with Crippen LogP contribution in [0.3, 0.4) is 0 Å². The van der Waals surface area contributed by atoms with E-state index in [4.69, 9.17) is 0 Å². The first-order chi connectivity index (χ1) is 8.88. The van der Waals surface area contributed by atoms with Gasteiger partial charge in [0.05, 0.1) is 0 Å². The Morgan fingerprint density at radius 3 is 2.00 bits per heavy atom. The molecule has 0 bridgehead atoms. The van der Waals surface area contributed by atoms with E-state index in [2.05, 4.69) is 0 Å². The van der Waals surface area contributed by atoms with Crippen LogP contribution >= 0.6 is 0 Å². The molecule has 1 unspecified atom stereocenters. The van der Waals surface area contributed by atoms with Crippen molar-refractivity contribution in [2.24, 2.45) is 0 Å². The minimum Gasteiger partial charge on any atom is -0.384 e. The summed E-state index contributed by atoms with van der Waals surface area (Å²) >= 11 is 0. The van der Waals surface area contributed by atoms with Gasteiger partial charge in [-0.3, -0.25) is 0 Å². The fraction of sp³-hybridized carbons (Fsp3) is 0.143. The molecule has 0 aliphatic rings. The van der Waals surface area contributed by atoms with Gasteiger partial charge in [-0.05, 0) is 42.3 Å². The molecule has 0 amide bonds. The first kappa shape index (κ1) is 13.5. The Labute approximate surface area is 107 Å². The van der Waals surface area contributed by atoms with E-state index in [1.165, 1.54) is 6.92 Å². The highest BCUT2D eigenvalue weighted by molar-refractivity contribution is 5.34. The van der Waals surface area contributed by atoms with E-state index in [1.54, 1.807) is 0 Å². The highest BCUT2D eigenvalue weighted by Crippen LogP contribution is 2.27. The van der Waals surface area contributed by atoms with Gasteiger partial charge >= 0.3 is 0 Å². The molecule has 2 rings (SSSR count). The van der Waals surface area contributed by atoms with E-state index < -0.39 is 29.4 Å². The van der Waals surface area contributed by atoms with Crippen LogP contribution in [0, 0.1) is 30.2 Å². The largest absolute Gasteiger partial charge is 0.384 e. The summed E-state index contributed by atoms with van der Waals surface area (Å²) in [6.45, 7) is 1.37. The topological polar surface area (TPSA) is 20.2 Å². The summed E-state index contributed by atoms with van der Waals surface area (Å²) in [5.41, 5.74) is -0.466. The van der Waals surface area contributed by atoms with Gasteiger partial charge in [-0.1, -0.05) is 0 Å². The molecule has 0 fully saturated rings. The van der Waals surface area contributed by atoms with Crippen molar-refractivity contribution in [3.8, 4) is 0 Å². The molecule has 1 N–H and O–H groups in total. The minimum absolute atomic E-state index is 0.0823. The quantitative estimate of drug-likeness (QED) is 0.826. The summed E-state index contributed by atoms with van der Waals surface area (Å²) in [4.78, 5) is 0. The predicted molar refractivity (Wildman–Crippen MR) is 61.5 cm³/mol. The maximum atomic E-state index is 13.7. The normalized spacial score (nSPS) is 12.5. The van der Waals surface area contributed by atoms with Gasteiger partial charge in [0.2, 0.25) is 0 Å². The standard InChI is InChI=1S/C14H10F4O/c1-7-2-13(18)11(6-12(7)17)14(19)8-3-9(15)5-10(16)4-8/h2-6,14,19H,1H3. The Balaban J connectivity index is 2.49. The average molecular weight is 270 g/mol. The van der Waals surface area contributed by atoms with Gasteiger partial charge in [0.1, 0.15) is 29.4 Å². The lowest BCUT2D eigenvalue weighted by Gasteiger charge is -2.13. The average Bonchev–Trinajstić information content (AvgIpc) is 2.31. The van der Waals surface area contributed by atoms with Crippen LogP contribution in [0.2, 0.25) is 0 Å². The van der Waals surface area contributed by atoms with E-state index in [-0.39, 0.29) is 16.7 Å². The summed E-state index contributed by atoms with van der Waals surface area (Å²) in [5.74, 6) is -3.34. The first-order valence-electron chi connectivity index (χ1n) is 5.48. The van der Waals surface area contributed by atoms with Crippen LogP contribution in [0.15, 0.2) is 30.3 Å². The van der Waals surface area contributed by atoms with Gasteiger partial charge in [0, 0.05) is 11.6 Å². The Morgan fingerprint density at radius 2 is 1.42 bits per heavy atom. The summed E-state index contributed by atoms with van der Waals surface area (Å²) < 4.78 is 53.1. The van der Waals surface area contributed by atoms with Gasteiger partial charge < -0.3 is 5.11 Å². The molecule has 1 atom stereocenters. The first-order valence-corrected chi connectivity index (χ1v) is 5.48. The Kier molecular flexibility index (Phi) is 3.57. The molecule has 0 spiro atoms. The van der Waals surface area contributed by atoms with Crippen LogP contribution in [0.25, 0.3) is 0 Å². The maximum absolute atomic E-state index is 13.7. The Morgan fingerprint density at radius 1 is 0.842 bits per heavy atom. The molecule has 0 aliphatic carbocycles. The predicted octanol–water partition coefficient (Wildman–Crippen LogP) is 3.63. The molecule has 2 aromatic rings. The summed E-state index contributed by atoms with van der Waals surface area (Å²) in [7, 11) is 0. The van der Waals surface area contributed by atoms with E-state index in [9.17, 15) is 22.7 Å². The molecule has 0 saturated carbocycles. The monoisotopic (exact) mass is 270 g/mol. The lowest BCUT2D eigenvalue weighted by atomic mass is 9.99. The Bertz CT molecular complexity index is 605. The van der Waals surface area contributed by atoms with Crippen molar-refractivity contribution >= 4 is 0 Å². The van der Waals surface area contributed by atoms with Crippen LogP contribution in [0.4, 0.5) is 17.6 Å². The van der Waals surface area contributed by atoms with Crippen LogP contribution in [-0.4, -0.2) is 5.11 Å². The third-order valence-corrected chi connectivity index (χ3v) is 2.77. The second kappa shape index (κ2) is 5.01. The van der Waals surface area contributed by atoms with Gasteiger partial charge in [-0.25, -0.2) is 17.6 Å². The van der Waals surface area contributed by atoms with Crippen molar-refractivity contribution in [2.45, 2.75) is 13.0 Å². The number of halogens is 4. The molecule has 0 radical (unpaired) electrons. The molecular weight excluding hydrogens is 260 g/mol. The van der Waals surface area contributed by atoms with Crippen molar-refractivity contribution in [1.29, 1.82) is 0 Å². The van der Waals surface area contributed by atoms with E-state index in [1.807, 2.05) is 0 Å². The van der Waals surface area contributed by atoms with E-state index >= 15 is 0 Å². The van der Waals surface area contributed by atoms with Crippen LogP contribution in [-0.2, 0) is 0 Å². The Hall–Kier alpha value is -1.88. The van der Waals surface area contributed by atoms with Crippen molar-refractivity contribution in [2.75, 3.05) is 0 Å². The van der Waals surface area contributed by atoms with Crippen molar-refractivity contribution < 1.29 is 22.7 Å². The fourth-order valence-electron chi connectivity index (χ4n) is 1.78. The SMILES string of the molecule is Cc1cc(F)c(C(O)c2cc(F)cc(F)c2)cc1F. The second-order valence-electron chi connectivity index (χ2n) is 4.23. The van der Waals surface area contributed by atoms with Crippen LogP contribution < -0.4 is 0 Å². The number of aryl methyl sites for hydroxylation is 1. The summed E-state index contributed by atoms with van der Waals surface area (Å²) in [6.07, 6.45) is -1.64.